The van der Waals surface area contributed by atoms with Crippen LogP contribution in [-0.2, 0) is 6.54 Å². The molecule has 1 aromatic carbocycles. The number of benzene rings is 1. The highest BCUT2D eigenvalue weighted by atomic mass is 79.9. The van der Waals surface area contributed by atoms with E-state index in [0.29, 0.717) is 5.41 Å². The van der Waals surface area contributed by atoms with Crippen molar-refractivity contribution in [3.63, 3.8) is 0 Å². The third-order valence-electron chi connectivity index (χ3n) is 3.64. The highest BCUT2D eigenvalue weighted by molar-refractivity contribution is 9.10. The van der Waals surface area contributed by atoms with Gasteiger partial charge in [0, 0.05) is 29.0 Å². The van der Waals surface area contributed by atoms with Crippen LogP contribution in [0.25, 0.3) is 0 Å². The molecule has 0 amide bonds. The molecule has 2 nitrogen and oxygen atoms in total. The summed E-state index contributed by atoms with van der Waals surface area (Å²) >= 11 is 9.33. The van der Waals surface area contributed by atoms with E-state index >= 15 is 0 Å². The normalized spacial score (nSPS) is 16.6. The zero-order valence-electron chi connectivity index (χ0n) is 10.6. The van der Waals surface area contributed by atoms with Gasteiger partial charge in [0.25, 0.3) is 0 Å². The maximum atomic E-state index is 5.84. The smallest absolute Gasteiger partial charge is 0.123 e. The molecule has 0 atom stereocenters. The van der Waals surface area contributed by atoms with Gasteiger partial charge < -0.3 is 10.1 Å². The molecule has 18 heavy (non-hydrogen) atoms. The van der Waals surface area contributed by atoms with E-state index in [9.17, 15) is 0 Å². The zero-order chi connectivity index (χ0) is 13.0. The maximum Gasteiger partial charge on any atom is 0.123 e. The third-order valence-corrected chi connectivity index (χ3v) is 4.32. The summed E-state index contributed by atoms with van der Waals surface area (Å²) in [6, 6.07) is 6.10. The molecular weight excluding hydrogens is 314 g/mol. The number of rotatable bonds is 7. The molecule has 0 spiro atoms. The Morgan fingerprint density at radius 1 is 1.44 bits per heavy atom. The van der Waals surface area contributed by atoms with Gasteiger partial charge in [-0.05, 0) is 42.9 Å². The Balaban J connectivity index is 1.88. The Kier molecular flexibility index (Phi) is 4.93. The highest BCUT2D eigenvalue weighted by Crippen LogP contribution is 2.48. The molecule has 0 aliphatic heterocycles. The lowest BCUT2D eigenvalue weighted by Gasteiger charge is -2.15. The second-order valence-electron chi connectivity index (χ2n) is 5.00. The fourth-order valence-corrected chi connectivity index (χ4v) is 3.05. The van der Waals surface area contributed by atoms with Crippen LogP contribution in [0.1, 0.15) is 24.8 Å². The first kappa shape index (κ1) is 14.2. The van der Waals surface area contributed by atoms with Crippen molar-refractivity contribution in [1.29, 1.82) is 0 Å². The highest BCUT2D eigenvalue weighted by Gasteiger charge is 2.41. The first-order chi connectivity index (χ1) is 8.69. The van der Waals surface area contributed by atoms with Crippen molar-refractivity contribution in [3.8, 4) is 5.75 Å². The number of methoxy groups -OCH3 is 1. The molecule has 4 heteroatoms. The van der Waals surface area contributed by atoms with Crippen molar-refractivity contribution >= 4 is 27.5 Å². The number of alkyl halides is 1. The van der Waals surface area contributed by atoms with Crippen molar-refractivity contribution in [2.24, 2.45) is 5.41 Å². The fraction of sp³-hybridized carbons (Fsp3) is 0.571. The number of halogens is 2. The van der Waals surface area contributed by atoms with Gasteiger partial charge in [-0.3, -0.25) is 0 Å². The molecule has 0 bridgehead atoms. The number of hydrogen-bond donors (Lipinski definition) is 1. The molecule has 100 valence electrons. The quantitative estimate of drug-likeness (QED) is 0.763. The van der Waals surface area contributed by atoms with Gasteiger partial charge in [0.2, 0.25) is 0 Å². The van der Waals surface area contributed by atoms with Gasteiger partial charge in [-0.2, -0.15) is 0 Å². The summed E-state index contributed by atoms with van der Waals surface area (Å²) in [6.07, 6.45) is 3.74. The summed E-state index contributed by atoms with van der Waals surface area (Å²) in [5.74, 6) is 1.70. The zero-order valence-corrected chi connectivity index (χ0v) is 13.0. The summed E-state index contributed by atoms with van der Waals surface area (Å²) in [5, 5.41) is 3.53. The average molecular weight is 333 g/mol. The molecule has 0 unspecified atom stereocenters. The third kappa shape index (κ3) is 3.62. The Morgan fingerprint density at radius 2 is 2.22 bits per heavy atom. The Bertz CT molecular complexity index is 407. The summed E-state index contributed by atoms with van der Waals surface area (Å²) in [7, 11) is 1.71. The van der Waals surface area contributed by atoms with Gasteiger partial charge in [-0.1, -0.05) is 15.9 Å². The minimum absolute atomic E-state index is 0.473. The molecule has 1 saturated carbocycles. The Labute approximate surface area is 122 Å². The van der Waals surface area contributed by atoms with Crippen LogP contribution in [0.15, 0.2) is 22.7 Å². The fourth-order valence-electron chi connectivity index (χ4n) is 2.24. The standard InChI is InChI=1S/C14H19BrClNO/c1-18-13-3-2-12(15)8-11(13)9-17-10-14(4-5-14)6-7-16/h2-3,8,17H,4-7,9-10H2,1H3. The molecule has 1 N–H and O–H groups in total. The van der Waals surface area contributed by atoms with Gasteiger partial charge in [-0.15, -0.1) is 11.6 Å². The minimum atomic E-state index is 0.473. The predicted octanol–water partition coefficient (Wildman–Crippen LogP) is 3.96. The van der Waals surface area contributed by atoms with Crippen LogP contribution in [0.5, 0.6) is 5.75 Å². The van der Waals surface area contributed by atoms with Gasteiger partial charge in [0.1, 0.15) is 5.75 Å². The van der Waals surface area contributed by atoms with Crippen LogP contribution in [0.2, 0.25) is 0 Å². The molecule has 2 rings (SSSR count). The first-order valence-corrected chi connectivity index (χ1v) is 7.61. The summed E-state index contributed by atoms with van der Waals surface area (Å²) < 4.78 is 6.45. The van der Waals surface area contributed by atoms with E-state index in [-0.39, 0.29) is 0 Å². The van der Waals surface area contributed by atoms with Crippen LogP contribution in [0, 0.1) is 5.41 Å². The molecule has 0 heterocycles. The van der Waals surface area contributed by atoms with E-state index in [1.165, 1.54) is 18.4 Å². The van der Waals surface area contributed by atoms with Crippen LogP contribution >= 0.6 is 27.5 Å². The van der Waals surface area contributed by atoms with E-state index in [2.05, 4.69) is 27.3 Å². The molecule has 0 aromatic heterocycles. The lowest BCUT2D eigenvalue weighted by Crippen LogP contribution is -2.24. The summed E-state index contributed by atoms with van der Waals surface area (Å²) in [4.78, 5) is 0. The monoisotopic (exact) mass is 331 g/mol. The van der Waals surface area contributed by atoms with Gasteiger partial charge in [-0.25, -0.2) is 0 Å². The van der Waals surface area contributed by atoms with E-state index in [0.717, 1.165) is 35.6 Å². The molecule has 0 saturated heterocycles. The molecule has 1 aromatic rings. The maximum absolute atomic E-state index is 5.84. The first-order valence-electron chi connectivity index (χ1n) is 6.28. The van der Waals surface area contributed by atoms with Crippen molar-refractivity contribution in [3.05, 3.63) is 28.2 Å². The molecule has 0 radical (unpaired) electrons. The molecule has 1 aliphatic rings. The van der Waals surface area contributed by atoms with E-state index in [1.54, 1.807) is 7.11 Å². The second-order valence-corrected chi connectivity index (χ2v) is 6.29. The van der Waals surface area contributed by atoms with E-state index in [1.807, 2.05) is 12.1 Å². The van der Waals surface area contributed by atoms with Gasteiger partial charge >= 0.3 is 0 Å². The van der Waals surface area contributed by atoms with E-state index in [4.69, 9.17) is 16.3 Å². The van der Waals surface area contributed by atoms with Crippen molar-refractivity contribution < 1.29 is 4.74 Å². The van der Waals surface area contributed by atoms with Gasteiger partial charge in [0.15, 0.2) is 0 Å². The number of ether oxygens (including phenoxy) is 1. The topological polar surface area (TPSA) is 21.3 Å². The minimum Gasteiger partial charge on any atom is -0.496 e. The summed E-state index contributed by atoms with van der Waals surface area (Å²) in [5.41, 5.74) is 1.66. The van der Waals surface area contributed by atoms with Crippen LogP contribution in [0.3, 0.4) is 0 Å². The van der Waals surface area contributed by atoms with Crippen LogP contribution in [-0.4, -0.2) is 19.5 Å². The molecule has 1 fully saturated rings. The Hall–Kier alpha value is -0.250. The molecular formula is C14H19BrClNO. The molecule has 1 aliphatic carbocycles. The van der Waals surface area contributed by atoms with Crippen LogP contribution < -0.4 is 10.1 Å². The largest absolute Gasteiger partial charge is 0.496 e. The number of nitrogens with one attached hydrogen (secondary N) is 1. The Morgan fingerprint density at radius 3 is 2.83 bits per heavy atom. The van der Waals surface area contributed by atoms with Crippen LogP contribution in [0.4, 0.5) is 0 Å². The second kappa shape index (κ2) is 6.27. The SMILES string of the molecule is COc1ccc(Br)cc1CNCC1(CCCl)CC1. The van der Waals surface area contributed by atoms with Crippen molar-refractivity contribution in [2.75, 3.05) is 19.5 Å². The van der Waals surface area contributed by atoms with Gasteiger partial charge in [0.05, 0.1) is 7.11 Å². The number of hydrogen-bond acceptors (Lipinski definition) is 2. The average Bonchev–Trinajstić information content (AvgIpc) is 3.10. The predicted molar refractivity (Wildman–Crippen MR) is 79.4 cm³/mol. The lowest BCUT2D eigenvalue weighted by atomic mass is 10.0. The van der Waals surface area contributed by atoms with Crippen molar-refractivity contribution in [1.82, 2.24) is 5.32 Å². The summed E-state index contributed by atoms with van der Waals surface area (Å²) in [6.45, 7) is 1.89. The lowest BCUT2D eigenvalue weighted by molar-refractivity contribution is 0.402. The van der Waals surface area contributed by atoms with E-state index < -0.39 is 0 Å². The van der Waals surface area contributed by atoms with Crippen molar-refractivity contribution in [2.45, 2.75) is 25.8 Å².